The van der Waals surface area contributed by atoms with Crippen LogP contribution >= 0.6 is 0 Å². The molecule has 4 aromatic rings. The van der Waals surface area contributed by atoms with Crippen molar-refractivity contribution in [2.24, 2.45) is 0 Å². The van der Waals surface area contributed by atoms with Gasteiger partial charge in [-0.1, -0.05) is 54.6 Å². The summed E-state index contributed by atoms with van der Waals surface area (Å²) in [6.07, 6.45) is 1.79. The zero-order valence-electron chi connectivity index (χ0n) is 13.5. The van der Waals surface area contributed by atoms with Gasteiger partial charge in [-0.3, -0.25) is 4.79 Å². The van der Waals surface area contributed by atoms with E-state index in [4.69, 9.17) is 0 Å². The average Bonchev–Trinajstić information content (AvgIpc) is 2.65. The molecule has 0 saturated carbocycles. The van der Waals surface area contributed by atoms with Crippen molar-refractivity contribution in [1.29, 1.82) is 0 Å². The highest BCUT2D eigenvalue weighted by Gasteiger charge is 2.08. The number of rotatable bonds is 3. The Morgan fingerprint density at radius 3 is 2.40 bits per heavy atom. The normalized spacial score (nSPS) is 10.9. The fourth-order valence-electron chi connectivity index (χ4n) is 3.06. The second-order valence-corrected chi connectivity index (χ2v) is 6.02. The Bertz CT molecular complexity index is 1100. The molecule has 3 heteroatoms. The lowest BCUT2D eigenvalue weighted by Gasteiger charge is -2.09. The van der Waals surface area contributed by atoms with Crippen LogP contribution in [-0.2, 0) is 6.54 Å². The van der Waals surface area contributed by atoms with Crippen LogP contribution in [0.4, 0.5) is 4.39 Å². The molecule has 0 bridgehead atoms. The van der Waals surface area contributed by atoms with Gasteiger partial charge in [0.1, 0.15) is 5.82 Å². The zero-order valence-corrected chi connectivity index (χ0v) is 13.5. The highest BCUT2D eigenvalue weighted by Crippen LogP contribution is 2.25. The predicted molar refractivity (Wildman–Crippen MR) is 99.1 cm³/mol. The summed E-state index contributed by atoms with van der Waals surface area (Å²) in [5.41, 5.74) is 2.34. The molecule has 1 aromatic heterocycles. The van der Waals surface area contributed by atoms with Gasteiger partial charge in [0.25, 0.3) is 5.56 Å². The van der Waals surface area contributed by atoms with E-state index in [-0.39, 0.29) is 11.4 Å². The number of hydrogen-bond donors (Lipinski definition) is 0. The predicted octanol–water partition coefficient (Wildman–Crippen LogP) is 4.86. The van der Waals surface area contributed by atoms with E-state index >= 15 is 0 Å². The molecule has 0 amide bonds. The minimum atomic E-state index is -0.265. The Kier molecular flexibility index (Phi) is 3.90. The zero-order chi connectivity index (χ0) is 17.2. The molecular formula is C22H16FNO. The fourth-order valence-corrected chi connectivity index (χ4v) is 3.06. The molecule has 0 saturated heterocycles. The summed E-state index contributed by atoms with van der Waals surface area (Å²) in [7, 11) is 0. The Labute approximate surface area is 144 Å². The molecule has 3 aromatic carbocycles. The Morgan fingerprint density at radius 1 is 0.840 bits per heavy atom. The van der Waals surface area contributed by atoms with Crippen LogP contribution in [0.3, 0.4) is 0 Å². The smallest absolute Gasteiger partial charge is 0.258 e. The van der Waals surface area contributed by atoms with Gasteiger partial charge in [-0.2, -0.15) is 0 Å². The fraction of sp³-hybridized carbons (Fsp3) is 0.0455. The summed E-state index contributed by atoms with van der Waals surface area (Å²) >= 11 is 0. The molecule has 25 heavy (non-hydrogen) atoms. The summed E-state index contributed by atoms with van der Waals surface area (Å²) in [4.78, 5) is 12.7. The van der Waals surface area contributed by atoms with Gasteiger partial charge in [-0.05, 0) is 40.8 Å². The van der Waals surface area contributed by atoms with Crippen LogP contribution in [-0.4, -0.2) is 4.57 Å². The summed E-state index contributed by atoms with van der Waals surface area (Å²) < 4.78 is 15.7. The molecule has 0 fully saturated rings. The number of hydrogen-bond acceptors (Lipinski definition) is 1. The highest BCUT2D eigenvalue weighted by atomic mass is 19.1. The van der Waals surface area contributed by atoms with Gasteiger partial charge in [-0.25, -0.2) is 4.39 Å². The molecule has 0 atom stereocenters. The third-order valence-corrected chi connectivity index (χ3v) is 4.36. The average molecular weight is 329 g/mol. The number of benzene rings is 3. The molecular weight excluding hydrogens is 313 g/mol. The first-order valence-electron chi connectivity index (χ1n) is 8.14. The lowest BCUT2D eigenvalue weighted by atomic mass is 10.0. The van der Waals surface area contributed by atoms with E-state index in [1.54, 1.807) is 41.1 Å². The Morgan fingerprint density at radius 2 is 1.60 bits per heavy atom. The number of halogens is 1. The summed E-state index contributed by atoms with van der Waals surface area (Å²) in [6.45, 7) is 0.532. The van der Waals surface area contributed by atoms with Gasteiger partial charge < -0.3 is 4.57 Å². The molecule has 0 aliphatic heterocycles. The maximum Gasteiger partial charge on any atom is 0.258 e. The number of fused-ring (bicyclic) bond motifs is 1. The van der Waals surface area contributed by atoms with Crippen LogP contribution in [0.2, 0.25) is 0 Å². The third kappa shape index (κ3) is 2.96. The molecule has 4 rings (SSSR count). The second kappa shape index (κ2) is 6.36. The topological polar surface area (TPSA) is 22.0 Å². The van der Waals surface area contributed by atoms with Crippen LogP contribution < -0.4 is 5.56 Å². The molecule has 2 nitrogen and oxygen atoms in total. The van der Waals surface area contributed by atoms with Crippen LogP contribution in [0.5, 0.6) is 0 Å². The first-order valence-corrected chi connectivity index (χ1v) is 8.14. The Balaban J connectivity index is 1.77. The maximum absolute atomic E-state index is 14.0. The third-order valence-electron chi connectivity index (χ3n) is 4.36. The molecule has 122 valence electrons. The van der Waals surface area contributed by atoms with Crippen molar-refractivity contribution in [3.8, 4) is 11.1 Å². The summed E-state index contributed by atoms with van der Waals surface area (Å²) in [5, 5.41) is 1.45. The molecule has 1 heterocycles. The van der Waals surface area contributed by atoms with E-state index in [1.165, 1.54) is 6.07 Å². The van der Waals surface area contributed by atoms with Crippen molar-refractivity contribution in [2.75, 3.05) is 0 Å². The summed E-state index contributed by atoms with van der Waals surface area (Å²) in [5.74, 6) is -0.265. The number of nitrogens with zero attached hydrogens (tertiary/aromatic N) is 1. The van der Waals surface area contributed by atoms with Crippen molar-refractivity contribution in [3.05, 3.63) is 107 Å². The van der Waals surface area contributed by atoms with E-state index in [9.17, 15) is 9.18 Å². The van der Waals surface area contributed by atoms with Gasteiger partial charge in [-0.15, -0.1) is 0 Å². The lowest BCUT2D eigenvalue weighted by molar-refractivity contribution is 0.631. The van der Waals surface area contributed by atoms with Gasteiger partial charge in [0, 0.05) is 17.1 Å². The number of pyridine rings is 1. The first-order chi connectivity index (χ1) is 12.2. The van der Waals surface area contributed by atoms with Crippen LogP contribution in [0.25, 0.3) is 21.9 Å². The van der Waals surface area contributed by atoms with E-state index in [1.807, 2.05) is 42.5 Å². The quantitative estimate of drug-likeness (QED) is 0.526. The van der Waals surface area contributed by atoms with E-state index < -0.39 is 0 Å². The van der Waals surface area contributed by atoms with Crippen molar-refractivity contribution in [3.63, 3.8) is 0 Å². The molecule has 0 radical (unpaired) electrons. The monoisotopic (exact) mass is 329 g/mol. The Hall–Kier alpha value is -3.20. The van der Waals surface area contributed by atoms with Gasteiger partial charge in [0.2, 0.25) is 0 Å². The van der Waals surface area contributed by atoms with Gasteiger partial charge >= 0.3 is 0 Å². The SMILES string of the molecule is O=c1c2ccc(-c3ccccc3F)cc2ccn1Cc1ccccc1. The minimum absolute atomic E-state index is 0.0403. The van der Waals surface area contributed by atoms with E-state index in [0.717, 1.165) is 16.5 Å². The molecule has 0 unspecified atom stereocenters. The van der Waals surface area contributed by atoms with Gasteiger partial charge in [0.15, 0.2) is 0 Å². The molecule has 0 N–H and O–H groups in total. The molecule has 0 spiro atoms. The minimum Gasteiger partial charge on any atom is -0.311 e. The highest BCUT2D eigenvalue weighted by molar-refractivity contribution is 5.86. The van der Waals surface area contributed by atoms with Crippen molar-refractivity contribution in [1.82, 2.24) is 4.57 Å². The standard InChI is InChI=1S/C22H16FNO/c23-21-9-5-4-8-19(21)17-10-11-20-18(14-17)12-13-24(22(20)25)15-16-6-2-1-3-7-16/h1-14H,15H2. The molecule has 0 aliphatic rings. The van der Waals surface area contributed by atoms with Crippen LogP contribution in [0.1, 0.15) is 5.56 Å². The number of aromatic nitrogens is 1. The largest absolute Gasteiger partial charge is 0.311 e. The van der Waals surface area contributed by atoms with Gasteiger partial charge in [0.05, 0.1) is 6.54 Å². The molecule has 0 aliphatic carbocycles. The lowest BCUT2D eigenvalue weighted by Crippen LogP contribution is -2.19. The second-order valence-electron chi connectivity index (χ2n) is 6.02. The van der Waals surface area contributed by atoms with E-state index in [2.05, 4.69) is 0 Å². The van der Waals surface area contributed by atoms with Crippen molar-refractivity contribution >= 4 is 10.8 Å². The van der Waals surface area contributed by atoms with Crippen molar-refractivity contribution in [2.45, 2.75) is 6.54 Å². The van der Waals surface area contributed by atoms with Crippen LogP contribution in [0, 0.1) is 5.82 Å². The van der Waals surface area contributed by atoms with E-state index in [0.29, 0.717) is 17.5 Å². The summed E-state index contributed by atoms with van der Waals surface area (Å²) in [6, 6.07) is 23.9. The maximum atomic E-state index is 14.0. The van der Waals surface area contributed by atoms with Crippen molar-refractivity contribution < 1.29 is 4.39 Å². The van der Waals surface area contributed by atoms with Crippen LogP contribution in [0.15, 0.2) is 89.9 Å². The first kappa shape index (κ1) is 15.3.